The van der Waals surface area contributed by atoms with Gasteiger partial charge in [-0.25, -0.2) is 4.79 Å². The Morgan fingerprint density at radius 3 is 2.62 bits per heavy atom. The van der Waals surface area contributed by atoms with E-state index in [2.05, 4.69) is 10.1 Å². The topological polar surface area (TPSA) is 50.8 Å². The van der Waals surface area contributed by atoms with E-state index >= 15 is 0 Å². The van der Waals surface area contributed by atoms with Crippen molar-refractivity contribution in [2.45, 2.75) is 6.18 Å². The molecular formula is C13H15F3N2O3. The van der Waals surface area contributed by atoms with Gasteiger partial charge in [-0.2, -0.15) is 13.2 Å². The maximum Gasteiger partial charge on any atom is 0.422 e. The summed E-state index contributed by atoms with van der Waals surface area (Å²) in [4.78, 5) is 13.4. The number of anilines is 2. The van der Waals surface area contributed by atoms with Gasteiger partial charge in [0, 0.05) is 13.1 Å². The Hall–Kier alpha value is -1.96. The number of morpholine rings is 1. The van der Waals surface area contributed by atoms with Crippen molar-refractivity contribution in [2.75, 3.05) is 43.1 Å². The lowest BCUT2D eigenvalue weighted by molar-refractivity contribution is -0.159. The Balaban J connectivity index is 2.01. The molecule has 1 fully saturated rings. The molecule has 1 aromatic carbocycles. The van der Waals surface area contributed by atoms with Crippen molar-refractivity contribution in [1.82, 2.24) is 0 Å². The molecule has 8 heteroatoms. The summed E-state index contributed by atoms with van der Waals surface area (Å²) < 4.78 is 45.4. The SMILES string of the molecule is O=C(Nc1ccccc1N1CCOCC1)OCC(F)(F)F. The Bertz CT molecular complexity index is 488. The minimum atomic E-state index is -4.54. The molecule has 1 saturated heterocycles. The standard InChI is InChI=1S/C13H15F3N2O3/c14-13(15,16)9-21-12(19)17-10-3-1-2-4-11(10)18-5-7-20-8-6-18/h1-4H,5-9H2,(H,17,19). The maximum absolute atomic E-state index is 12.0. The molecule has 1 aliphatic rings. The second-order valence-corrected chi connectivity index (χ2v) is 4.43. The fraction of sp³-hybridized carbons (Fsp3) is 0.462. The zero-order chi connectivity index (χ0) is 15.3. The van der Waals surface area contributed by atoms with Crippen molar-refractivity contribution in [3.05, 3.63) is 24.3 Å². The molecule has 0 saturated carbocycles. The van der Waals surface area contributed by atoms with Crippen LogP contribution in [-0.4, -0.2) is 45.2 Å². The van der Waals surface area contributed by atoms with E-state index in [9.17, 15) is 18.0 Å². The van der Waals surface area contributed by atoms with E-state index in [0.29, 0.717) is 32.0 Å². The van der Waals surface area contributed by atoms with Crippen LogP contribution in [0.3, 0.4) is 0 Å². The molecule has 1 aromatic rings. The van der Waals surface area contributed by atoms with Crippen LogP contribution in [0.15, 0.2) is 24.3 Å². The number of alkyl halides is 3. The van der Waals surface area contributed by atoms with Crippen LogP contribution in [-0.2, 0) is 9.47 Å². The van der Waals surface area contributed by atoms with Crippen molar-refractivity contribution < 1.29 is 27.4 Å². The zero-order valence-electron chi connectivity index (χ0n) is 11.2. The first-order valence-corrected chi connectivity index (χ1v) is 6.38. The lowest BCUT2D eigenvalue weighted by atomic mass is 10.2. The zero-order valence-corrected chi connectivity index (χ0v) is 11.2. The summed E-state index contributed by atoms with van der Waals surface area (Å²) in [6.07, 6.45) is -5.67. The molecule has 5 nitrogen and oxygen atoms in total. The lowest BCUT2D eigenvalue weighted by Gasteiger charge is -2.30. The number of hydrogen-bond acceptors (Lipinski definition) is 4. The van der Waals surface area contributed by atoms with Crippen LogP contribution in [0, 0.1) is 0 Å². The molecule has 1 N–H and O–H groups in total. The third-order valence-electron chi connectivity index (χ3n) is 2.86. The number of ether oxygens (including phenoxy) is 2. The molecule has 116 valence electrons. The third kappa shape index (κ3) is 4.82. The number of carbonyl (C=O) groups is 1. The molecule has 1 aliphatic heterocycles. The van der Waals surface area contributed by atoms with Crippen LogP contribution in [0.5, 0.6) is 0 Å². The Morgan fingerprint density at radius 2 is 1.95 bits per heavy atom. The fourth-order valence-corrected chi connectivity index (χ4v) is 1.95. The van der Waals surface area contributed by atoms with Crippen molar-refractivity contribution in [3.63, 3.8) is 0 Å². The second-order valence-electron chi connectivity index (χ2n) is 4.43. The number of para-hydroxylation sites is 2. The molecule has 2 rings (SSSR count). The Kier molecular flexibility index (Phi) is 4.89. The van der Waals surface area contributed by atoms with Crippen LogP contribution in [0.2, 0.25) is 0 Å². The van der Waals surface area contributed by atoms with Crippen LogP contribution in [0.1, 0.15) is 0 Å². The highest BCUT2D eigenvalue weighted by atomic mass is 19.4. The van der Waals surface area contributed by atoms with E-state index in [-0.39, 0.29) is 0 Å². The van der Waals surface area contributed by atoms with Gasteiger partial charge in [0.1, 0.15) is 0 Å². The molecule has 0 bridgehead atoms. The Morgan fingerprint density at radius 1 is 1.29 bits per heavy atom. The van der Waals surface area contributed by atoms with Crippen LogP contribution in [0.4, 0.5) is 29.3 Å². The van der Waals surface area contributed by atoms with E-state index in [4.69, 9.17) is 4.74 Å². The first-order valence-electron chi connectivity index (χ1n) is 6.38. The first kappa shape index (κ1) is 15.4. The van der Waals surface area contributed by atoms with Gasteiger partial charge in [-0.15, -0.1) is 0 Å². The van der Waals surface area contributed by atoms with Crippen molar-refractivity contribution in [2.24, 2.45) is 0 Å². The minimum Gasteiger partial charge on any atom is -0.440 e. The summed E-state index contributed by atoms with van der Waals surface area (Å²) in [5, 5.41) is 2.34. The average Bonchev–Trinajstić information content (AvgIpc) is 2.46. The van der Waals surface area contributed by atoms with Gasteiger partial charge in [0.05, 0.1) is 24.6 Å². The van der Waals surface area contributed by atoms with Gasteiger partial charge in [-0.1, -0.05) is 12.1 Å². The van der Waals surface area contributed by atoms with E-state index in [0.717, 1.165) is 5.69 Å². The average molecular weight is 304 g/mol. The number of benzene rings is 1. The predicted octanol–water partition coefficient (Wildman–Crippen LogP) is 2.63. The summed E-state index contributed by atoms with van der Waals surface area (Å²) in [6.45, 7) is 0.810. The van der Waals surface area contributed by atoms with Crippen LogP contribution >= 0.6 is 0 Å². The quantitative estimate of drug-likeness (QED) is 0.932. The van der Waals surface area contributed by atoms with Gasteiger partial charge >= 0.3 is 12.3 Å². The number of amides is 1. The number of carbonyl (C=O) groups excluding carboxylic acids is 1. The van der Waals surface area contributed by atoms with E-state index in [1.165, 1.54) is 0 Å². The molecule has 0 unspecified atom stereocenters. The number of hydrogen-bond donors (Lipinski definition) is 1. The monoisotopic (exact) mass is 304 g/mol. The lowest BCUT2D eigenvalue weighted by Crippen LogP contribution is -2.36. The van der Waals surface area contributed by atoms with Crippen LogP contribution in [0.25, 0.3) is 0 Å². The van der Waals surface area contributed by atoms with Gasteiger partial charge in [0.2, 0.25) is 0 Å². The number of halogens is 3. The van der Waals surface area contributed by atoms with Crippen LogP contribution < -0.4 is 10.2 Å². The number of nitrogens with one attached hydrogen (secondary N) is 1. The maximum atomic E-state index is 12.0. The molecule has 0 spiro atoms. The van der Waals surface area contributed by atoms with Gasteiger partial charge in [-0.3, -0.25) is 5.32 Å². The third-order valence-corrected chi connectivity index (χ3v) is 2.86. The molecule has 0 aliphatic carbocycles. The predicted molar refractivity (Wildman–Crippen MR) is 70.5 cm³/mol. The summed E-state index contributed by atoms with van der Waals surface area (Å²) in [5.74, 6) is 0. The summed E-state index contributed by atoms with van der Waals surface area (Å²) >= 11 is 0. The Labute approximate surface area is 119 Å². The van der Waals surface area contributed by atoms with E-state index < -0.39 is 18.9 Å². The number of nitrogens with zero attached hydrogens (tertiary/aromatic N) is 1. The molecule has 1 heterocycles. The van der Waals surface area contributed by atoms with Gasteiger partial charge in [0.25, 0.3) is 0 Å². The van der Waals surface area contributed by atoms with Gasteiger partial charge in [0.15, 0.2) is 6.61 Å². The summed E-state index contributed by atoms with van der Waals surface area (Å²) in [5.41, 5.74) is 1.14. The smallest absolute Gasteiger partial charge is 0.422 e. The first-order chi connectivity index (χ1) is 9.96. The van der Waals surface area contributed by atoms with E-state index in [1.807, 2.05) is 4.90 Å². The van der Waals surface area contributed by atoms with Gasteiger partial charge in [-0.05, 0) is 12.1 Å². The minimum absolute atomic E-state index is 0.409. The highest BCUT2D eigenvalue weighted by Gasteiger charge is 2.29. The highest BCUT2D eigenvalue weighted by Crippen LogP contribution is 2.26. The normalized spacial score (nSPS) is 15.7. The number of rotatable bonds is 3. The molecule has 0 aromatic heterocycles. The molecule has 21 heavy (non-hydrogen) atoms. The molecule has 0 atom stereocenters. The largest absolute Gasteiger partial charge is 0.440 e. The second kappa shape index (κ2) is 6.66. The van der Waals surface area contributed by atoms with Crippen molar-refractivity contribution in [3.8, 4) is 0 Å². The van der Waals surface area contributed by atoms with Crippen molar-refractivity contribution >= 4 is 17.5 Å². The van der Waals surface area contributed by atoms with E-state index in [1.54, 1.807) is 24.3 Å². The highest BCUT2D eigenvalue weighted by molar-refractivity contribution is 5.89. The van der Waals surface area contributed by atoms with Gasteiger partial charge < -0.3 is 14.4 Å². The molecular weight excluding hydrogens is 289 g/mol. The van der Waals surface area contributed by atoms with Crippen molar-refractivity contribution in [1.29, 1.82) is 0 Å². The fourth-order valence-electron chi connectivity index (χ4n) is 1.95. The molecule has 0 radical (unpaired) electrons. The summed E-state index contributed by atoms with van der Waals surface area (Å²) in [6, 6.07) is 6.87. The molecule has 1 amide bonds. The summed E-state index contributed by atoms with van der Waals surface area (Å²) in [7, 11) is 0.